The number of likely N-dealkylation sites (N-methyl/N-ethyl adjacent to an activating group) is 1. The number of rotatable bonds is 9. The molecule has 34 heavy (non-hydrogen) atoms. The fourth-order valence-electron chi connectivity index (χ4n) is 4.12. The average molecular weight is 469 g/mol. The molecule has 182 valence electrons. The number of nitrogens with zero attached hydrogens (tertiary/aromatic N) is 2. The second-order valence-electron chi connectivity index (χ2n) is 8.37. The molecule has 8 heteroatoms. The van der Waals surface area contributed by atoms with Crippen LogP contribution in [0.4, 0.5) is 0 Å². The highest BCUT2D eigenvalue weighted by molar-refractivity contribution is 5.83. The van der Waals surface area contributed by atoms with E-state index in [2.05, 4.69) is 16.8 Å². The lowest BCUT2D eigenvalue weighted by atomic mass is 10.1. The molecule has 3 aromatic rings. The molecule has 0 bridgehead atoms. The molecule has 2 aromatic carbocycles. The van der Waals surface area contributed by atoms with Crippen LogP contribution >= 0.6 is 0 Å². The Morgan fingerprint density at radius 1 is 0.912 bits per heavy atom. The van der Waals surface area contributed by atoms with E-state index in [0.717, 1.165) is 39.1 Å². The van der Waals surface area contributed by atoms with Crippen LogP contribution in [0, 0.1) is 0 Å². The highest BCUT2D eigenvalue weighted by Crippen LogP contribution is 2.37. The summed E-state index contributed by atoms with van der Waals surface area (Å²) in [5.41, 5.74) is 0.876. The van der Waals surface area contributed by atoms with Gasteiger partial charge in [0.05, 0.1) is 33.3 Å². The van der Waals surface area contributed by atoms with Gasteiger partial charge in [-0.05, 0) is 43.8 Å². The molecule has 4 rings (SSSR count). The van der Waals surface area contributed by atoms with Crippen molar-refractivity contribution in [3.8, 4) is 34.3 Å². The van der Waals surface area contributed by atoms with E-state index in [9.17, 15) is 4.79 Å². The molecule has 8 nitrogen and oxygen atoms in total. The Hall–Kier alpha value is -3.23. The number of ether oxygens (including phenoxy) is 4. The zero-order valence-electron chi connectivity index (χ0n) is 20.3. The van der Waals surface area contributed by atoms with E-state index in [1.165, 1.54) is 0 Å². The summed E-state index contributed by atoms with van der Waals surface area (Å²) in [5, 5.41) is 0.444. The van der Waals surface area contributed by atoms with Gasteiger partial charge in [-0.1, -0.05) is 0 Å². The van der Waals surface area contributed by atoms with Gasteiger partial charge < -0.3 is 33.2 Å². The summed E-state index contributed by atoms with van der Waals surface area (Å²) < 4.78 is 28.4. The number of hydrogen-bond acceptors (Lipinski definition) is 8. The minimum Gasteiger partial charge on any atom is -0.497 e. The smallest absolute Gasteiger partial charge is 0.235 e. The molecule has 0 amide bonds. The third-order valence-electron chi connectivity index (χ3n) is 6.16. The molecular weight excluding hydrogens is 436 g/mol. The molecule has 0 radical (unpaired) electrons. The number of benzene rings is 2. The first kappa shape index (κ1) is 23.9. The topological polar surface area (TPSA) is 73.6 Å². The van der Waals surface area contributed by atoms with Gasteiger partial charge >= 0.3 is 0 Å². The van der Waals surface area contributed by atoms with Crippen molar-refractivity contribution in [3.05, 3.63) is 46.6 Å². The number of piperazine rings is 1. The van der Waals surface area contributed by atoms with Gasteiger partial charge in [0.1, 0.15) is 11.3 Å². The van der Waals surface area contributed by atoms with E-state index in [1.54, 1.807) is 51.7 Å². The first-order valence-electron chi connectivity index (χ1n) is 11.4. The number of methoxy groups -OCH3 is 3. The molecular formula is C26H32N2O6. The van der Waals surface area contributed by atoms with Gasteiger partial charge in [0.25, 0.3) is 0 Å². The molecule has 1 saturated heterocycles. The van der Waals surface area contributed by atoms with Crippen LogP contribution in [0.15, 0.2) is 45.6 Å². The minimum atomic E-state index is -0.215. The highest BCUT2D eigenvalue weighted by atomic mass is 16.5. The van der Waals surface area contributed by atoms with Crippen LogP contribution in [-0.2, 0) is 0 Å². The van der Waals surface area contributed by atoms with E-state index in [4.69, 9.17) is 23.4 Å². The summed E-state index contributed by atoms with van der Waals surface area (Å²) in [6.45, 7) is 5.58. The van der Waals surface area contributed by atoms with Gasteiger partial charge in [0, 0.05) is 44.4 Å². The number of hydrogen-bond donors (Lipinski definition) is 0. The summed E-state index contributed by atoms with van der Waals surface area (Å²) in [5.74, 6) is 2.28. The van der Waals surface area contributed by atoms with Crippen molar-refractivity contribution in [2.24, 2.45) is 0 Å². The van der Waals surface area contributed by atoms with E-state index >= 15 is 0 Å². The van der Waals surface area contributed by atoms with Crippen LogP contribution in [-0.4, -0.2) is 77.5 Å². The van der Waals surface area contributed by atoms with Gasteiger partial charge in [-0.3, -0.25) is 4.79 Å². The van der Waals surface area contributed by atoms with E-state index < -0.39 is 0 Å². The Kier molecular flexibility index (Phi) is 7.59. The van der Waals surface area contributed by atoms with Gasteiger partial charge in [0.15, 0.2) is 17.3 Å². The third kappa shape index (κ3) is 5.13. The standard InChI is InChI=1S/C26H32N2O6/c1-27-11-13-28(14-12-27)10-5-15-33-26-24(29)20-8-7-19(30-2)17-22(20)34-25(26)18-6-9-21(31-3)23(16-18)32-4/h6-9,16-17H,5,10-15H2,1-4H3. The number of fused-ring (bicyclic) bond motifs is 1. The van der Waals surface area contributed by atoms with Crippen molar-refractivity contribution in [2.75, 3.05) is 67.7 Å². The van der Waals surface area contributed by atoms with Gasteiger partial charge in [-0.15, -0.1) is 0 Å². The molecule has 2 heterocycles. The van der Waals surface area contributed by atoms with E-state index in [1.807, 2.05) is 6.07 Å². The Labute approximate surface area is 199 Å². The Balaban J connectivity index is 1.65. The quantitative estimate of drug-likeness (QED) is 0.442. The predicted molar refractivity (Wildman–Crippen MR) is 132 cm³/mol. The van der Waals surface area contributed by atoms with Crippen molar-refractivity contribution in [2.45, 2.75) is 6.42 Å². The maximum absolute atomic E-state index is 13.4. The zero-order chi connectivity index (χ0) is 24.1. The summed E-state index contributed by atoms with van der Waals surface area (Å²) in [7, 11) is 6.87. The average Bonchev–Trinajstić information content (AvgIpc) is 2.87. The fraction of sp³-hybridized carbons (Fsp3) is 0.423. The Morgan fingerprint density at radius 3 is 2.38 bits per heavy atom. The van der Waals surface area contributed by atoms with Crippen LogP contribution < -0.4 is 24.4 Å². The predicted octanol–water partition coefficient (Wildman–Crippen LogP) is 3.50. The molecule has 1 aromatic heterocycles. The lowest BCUT2D eigenvalue weighted by molar-refractivity contribution is 0.145. The minimum absolute atomic E-state index is 0.197. The van der Waals surface area contributed by atoms with Crippen molar-refractivity contribution in [1.82, 2.24) is 9.80 Å². The highest BCUT2D eigenvalue weighted by Gasteiger charge is 2.20. The second-order valence-corrected chi connectivity index (χ2v) is 8.37. The van der Waals surface area contributed by atoms with Gasteiger partial charge in [-0.25, -0.2) is 0 Å². The molecule has 0 unspecified atom stereocenters. The normalized spacial score (nSPS) is 14.8. The van der Waals surface area contributed by atoms with Crippen molar-refractivity contribution in [3.63, 3.8) is 0 Å². The second kappa shape index (κ2) is 10.8. The summed E-state index contributed by atoms with van der Waals surface area (Å²) in [6.07, 6.45) is 0.815. The van der Waals surface area contributed by atoms with E-state index in [0.29, 0.717) is 46.1 Å². The monoisotopic (exact) mass is 468 g/mol. The summed E-state index contributed by atoms with van der Waals surface area (Å²) in [6, 6.07) is 10.5. The van der Waals surface area contributed by atoms with Crippen LogP contribution in [0.1, 0.15) is 6.42 Å². The van der Waals surface area contributed by atoms with Gasteiger partial charge in [0.2, 0.25) is 11.2 Å². The molecule has 0 saturated carbocycles. The first-order chi connectivity index (χ1) is 16.5. The van der Waals surface area contributed by atoms with Crippen molar-refractivity contribution in [1.29, 1.82) is 0 Å². The van der Waals surface area contributed by atoms with Gasteiger partial charge in [-0.2, -0.15) is 0 Å². The summed E-state index contributed by atoms with van der Waals surface area (Å²) >= 11 is 0. The Morgan fingerprint density at radius 2 is 1.68 bits per heavy atom. The Bertz CT molecular complexity index is 1180. The van der Waals surface area contributed by atoms with Crippen molar-refractivity contribution >= 4 is 11.0 Å². The van der Waals surface area contributed by atoms with Crippen LogP contribution in [0.2, 0.25) is 0 Å². The fourth-order valence-corrected chi connectivity index (χ4v) is 4.12. The molecule has 0 aliphatic carbocycles. The molecule has 0 spiro atoms. The van der Waals surface area contributed by atoms with Crippen molar-refractivity contribution < 1.29 is 23.4 Å². The van der Waals surface area contributed by atoms with Crippen LogP contribution in [0.25, 0.3) is 22.3 Å². The van der Waals surface area contributed by atoms with Crippen LogP contribution in [0.3, 0.4) is 0 Å². The van der Waals surface area contributed by atoms with E-state index in [-0.39, 0.29) is 11.2 Å². The lowest BCUT2D eigenvalue weighted by Gasteiger charge is -2.32. The third-order valence-corrected chi connectivity index (χ3v) is 6.16. The summed E-state index contributed by atoms with van der Waals surface area (Å²) in [4.78, 5) is 18.2. The lowest BCUT2D eigenvalue weighted by Crippen LogP contribution is -2.44. The molecule has 1 aliphatic rings. The maximum Gasteiger partial charge on any atom is 0.235 e. The zero-order valence-corrected chi connectivity index (χ0v) is 20.3. The molecule has 0 N–H and O–H groups in total. The SMILES string of the molecule is COc1ccc2c(=O)c(OCCCN3CCN(C)CC3)c(-c3ccc(OC)c(OC)c3)oc2c1. The molecule has 1 fully saturated rings. The molecule has 0 atom stereocenters. The first-order valence-corrected chi connectivity index (χ1v) is 11.4. The molecule has 1 aliphatic heterocycles. The van der Waals surface area contributed by atoms with Crippen LogP contribution in [0.5, 0.6) is 23.0 Å². The largest absolute Gasteiger partial charge is 0.497 e. The maximum atomic E-state index is 13.4.